The molecule has 0 bridgehead atoms. The van der Waals surface area contributed by atoms with Gasteiger partial charge in [-0.3, -0.25) is 9.69 Å². The van der Waals surface area contributed by atoms with Crippen LogP contribution in [-0.2, 0) is 6.54 Å². The Morgan fingerprint density at radius 1 is 1.22 bits per heavy atom. The second-order valence-corrected chi connectivity index (χ2v) is 4.54. The number of rotatable bonds is 8. The fourth-order valence-corrected chi connectivity index (χ4v) is 1.80. The minimum absolute atomic E-state index is 0.254. The molecule has 4 heteroatoms. The van der Waals surface area contributed by atoms with E-state index in [0.717, 1.165) is 38.8 Å². The summed E-state index contributed by atoms with van der Waals surface area (Å²) in [5, 5.41) is 9.66. The lowest BCUT2D eigenvalue weighted by Gasteiger charge is -2.21. The SMILES string of the molecule is CCCCN(CCCC)Cc1occc(=O)c1O. The van der Waals surface area contributed by atoms with Crippen LogP contribution in [0.15, 0.2) is 21.5 Å². The van der Waals surface area contributed by atoms with Gasteiger partial charge in [0.2, 0.25) is 11.2 Å². The molecule has 0 spiro atoms. The van der Waals surface area contributed by atoms with Gasteiger partial charge in [-0.25, -0.2) is 0 Å². The fourth-order valence-electron chi connectivity index (χ4n) is 1.80. The Morgan fingerprint density at radius 2 is 1.83 bits per heavy atom. The monoisotopic (exact) mass is 253 g/mol. The number of nitrogens with zero attached hydrogens (tertiary/aromatic N) is 1. The third kappa shape index (κ3) is 4.53. The van der Waals surface area contributed by atoms with Gasteiger partial charge in [0.25, 0.3) is 0 Å². The van der Waals surface area contributed by atoms with E-state index in [9.17, 15) is 9.90 Å². The predicted molar refractivity (Wildman–Crippen MR) is 71.7 cm³/mol. The van der Waals surface area contributed by atoms with E-state index in [4.69, 9.17) is 4.42 Å². The van der Waals surface area contributed by atoms with Crippen molar-refractivity contribution >= 4 is 0 Å². The third-order valence-corrected chi connectivity index (χ3v) is 2.95. The van der Waals surface area contributed by atoms with E-state index in [1.54, 1.807) is 0 Å². The molecule has 0 aliphatic heterocycles. The summed E-state index contributed by atoms with van der Waals surface area (Å²) in [5.41, 5.74) is -0.373. The quantitative estimate of drug-likeness (QED) is 0.774. The van der Waals surface area contributed by atoms with Crippen molar-refractivity contribution in [1.82, 2.24) is 4.90 Å². The molecule has 0 amide bonds. The second kappa shape index (κ2) is 7.93. The van der Waals surface area contributed by atoms with Crippen LogP contribution in [0.5, 0.6) is 5.75 Å². The molecule has 1 aromatic rings. The Balaban J connectivity index is 2.68. The van der Waals surface area contributed by atoms with Crippen LogP contribution in [0.1, 0.15) is 45.3 Å². The summed E-state index contributed by atoms with van der Waals surface area (Å²) >= 11 is 0. The molecule has 0 saturated carbocycles. The topological polar surface area (TPSA) is 53.7 Å². The van der Waals surface area contributed by atoms with Crippen molar-refractivity contribution in [3.8, 4) is 5.75 Å². The molecular formula is C14H23NO3. The summed E-state index contributed by atoms with van der Waals surface area (Å²) in [4.78, 5) is 13.5. The van der Waals surface area contributed by atoms with Crippen molar-refractivity contribution in [3.63, 3.8) is 0 Å². The summed E-state index contributed by atoms with van der Waals surface area (Å²) in [6.07, 6.45) is 5.83. The van der Waals surface area contributed by atoms with Crippen LogP contribution in [0.4, 0.5) is 0 Å². The Kier molecular flexibility index (Phi) is 6.50. The predicted octanol–water partition coefficient (Wildman–Crippen LogP) is 2.75. The summed E-state index contributed by atoms with van der Waals surface area (Å²) in [5.74, 6) is 0.116. The van der Waals surface area contributed by atoms with Gasteiger partial charge >= 0.3 is 0 Å². The summed E-state index contributed by atoms with van der Waals surface area (Å²) in [6.45, 7) is 6.74. The van der Waals surface area contributed by atoms with Crippen LogP contribution in [0.3, 0.4) is 0 Å². The first-order valence-electron chi connectivity index (χ1n) is 6.71. The van der Waals surface area contributed by atoms with Crippen LogP contribution < -0.4 is 5.43 Å². The van der Waals surface area contributed by atoms with Crippen molar-refractivity contribution < 1.29 is 9.52 Å². The van der Waals surface area contributed by atoms with Crippen LogP contribution in [0, 0.1) is 0 Å². The lowest BCUT2D eigenvalue weighted by atomic mass is 10.2. The van der Waals surface area contributed by atoms with Crippen molar-refractivity contribution in [3.05, 3.63) is 28.3 Å². The van der Waals surface area contributed by atoms with Crippen molar-refractivity contribution in [2.24, 2.45) is 0 Å². The van der Waals surface area contributed by atoms with Crippen molar-refractivity contribution in [2.45, 2.75) is 46.1 Å². The number of hydrogen-bond donors (Lipinski definition) is 1. The molecule has 0 fully saturated rings. The molecule has 0 aliphatic carbocycles. The molecule has 4 nitrogen and oxygen atoms in total. The van der Waals surface area contributed by atoms with E-state index in [2.05, 4.69) is 18.7 Å². The molecule has 0 unspecified atom stereocenters. The number of unbranched alkanes of at least 4 members (excludes halogenated alkanes) is 2. The van der Waals surface area contributed by atoms with Gasteiger partial charge in [-0.05, 0) is 25.9 Å². The highest BCUT2D eigenvalue weighted by molar-refractivity contribution is 5.22. The molecule has 18 heavy (non-hydrogen) atoms. The maximum absolute atomic E-state index is 11.3. The van der Waals surface area contributed by atoms with E-state index < -0.39 is 0 Å². The molecule has 0 aromatic carbocycles. The van der Waals surface area contributed by atoms with Crippen LogP contribution in [-0.4, -0.2) is 23.1 Å². The fraction of sp³-hybridized carbons (Fsp3) is 0.643. The molecule has 1 heterocycles. The first-order valence-corrected chi connectivity index (χ1v) is 6.71. The van der Waals surface area contributed by atoms with E-state index in [-0.39, 0.29) is 11.2 Å². The summed E-state index contributed by atoms with van der Waals surface area (Å²) in [6, 6.07) is 1.24. The normalized spacial score (nSPS) is 11.1. The van der Waals surface area contributed by atoms with Crippen LogP contribution in [0.2, 0.25) is 0 Å². The van der Waals surface area contributed by atoms with Crippen molar-refractivity contribution in [2.75, 3.05) is 13.1 Å². The number of aromatic hydroxyl groups is 1. The van der Waals surface area contributed by atoms with Gasteiger partial charge in [0.15, 0.2) is 5.76 Å². The maximum Gasteiger partial charge on any atom is 0.226 e. The highest BCUT2D eigenvalue weighted by atomic mass is 16.4. The van der Waals surface area contributed by atoms with E-state index in [1.165, 1.54) is 12.3 Å². The van der Waals surface area contributed by atoms with E-state index >= 15 is 0 Å². The van der Waals surface area contributed by atoms with Gasteiger partial charge < -0.3 is 9.52 Å². The minimum atomic E-state index is -0.373. The largest absolute Gasteiger partial charge is 0.502 e. The van der Waals surface area contributed by atoms with Gasteiger partial charge in [-0.15, -0.1) is 0 Å². The Bertz CT molecular complexity index is 392. The smallest absolute Gasteiger partial charge is 0.226 e. The summed E-state index contributed by atoms with van der Waals surface area (Å²) < 4.78 is 5.24. The molecule has 102 valence electrons. The van der Waals surface area contributed by atoms with Crippen LogP contribution in [0.25, 0.3) is 0 Å². The van der Waals surface area contributed by atoms with Gasteiger partial charge in [0.05, 0.1) is 12.8 Å². The third-order valence-electron chi connectivity index (χ3n) is 2.95. The molecule has 1 N–H and O–H groups in total. The standard InChI is InChI=1S/C14H23NO3/c1-3-5-8-15(9-6-4-2)11-13-14(17)12(16)7-10-18-13/h7,10,17H,3-6,8-9,11H2,1-2H3. The molecule has 0 atom stereocenters. The van der Waals surface area contributed by atoms with Crippen molar-refractivity contribution in [1.29, 1.82) is 0 Å². The zero-order chi connectivity index (χ0) is 13.4. The molecule has 1 aromatic heterocycles. The van der Waals surface area contributed by atoms with E-state index in [0.29, 0.717) is 12.3 Å². The highest BCUT2D eigenvalue weighted by Crippen LogP contribution is 2.14. The van der Waals surface area contributed by atoms with Gasteiger partial charge in [-0.2, -0.15) is 0 Å². The first-order chi connectivity index (χ1) is 8.69. The highest BCUT2D eigenvalue weighted by Gasteiger charge is 2.12. The van der Waals surface area contributed by atoms with Crippen LogP contribution >= 0.6 is 0 Å². The first kappa shape index (κ1) is 14.8. The maximum atomic E-state index is 11.3. The Morgan fingerprint density at radius 3 is 2.39 bits per heavy atom. The molecule has 1 rings (SSSR count). The Hall–Kier alpha value is -1.29. The lowest BCUT2D eigenvalue weighted by molar-refractivity contribution is 0.227. The Labute approximate surface area is 108 Å². The average Bonchev–Trinajstić information content (AvgIpc) is 2.38. The molecule has 0 saturated heterocycles. The molecule has 0 radical (unpaired) electrons. The summed E-state index contributed by atoms with van der Waals surface area (Å²) in [7, 11) is 0. The lowest BCUT2D eigenvalue weighted by Crippen LogP contribution is -2.26. The zero-order valence-corrected chi connectivity index (χ0v) is 11.3. The second-order valence-electron chi connectivity index (χ2n) is 4.54. The minimum Gasteiger partial charge on any atom is -0.502 e. The zero-order valence-electron chi connectivity index (χ0n) is 11.3. The average molecular weight is 253 g/mol. The molecular weight excluding hydrogens is 230 g/mol. The number of hydrogen-bond acceptors (Lipinski definition) is 4. The van der Waals surface area contributed by atoms with Gasteiger partial charge in [0, 0.05) is 6.07 Å². The van der Waals surface area contributed by atoms with Gasteiger partial charge in [0.1, 0.15) is 0 Å². The van der Waals surface area contributed by atoms with E-state index in [1.807, 2.05) is 0 Å². The molecule has 0 aliphatic rings. The van der Waals surface area contributed by atoms with Gasteiger partial charge in [-0.1, -0.05) is 26.7 Å².